The summed E-state index contributed by atoms with van der Waals surface area (Å²) in [7, 11) is 0. The maximum atomic E-state index is 13.1. The Bertz CT molecular complexity index is 582. The molecular formula is C14H16FNO2S. The van der Waals surface area contributed by atoms with Gasteiger partial charge >= 0.3 is 0 Å². The van der Waals surface area contributed by atoms with E-state index in [2.05, 4.69) is 5.32 Å². The Morgan fingerprint density at radius 1 is 1.47 bits per heavy atom. The summed E-state index contributed by atoms with van der Waals surface area (Å²) in [4.78, 5) is 12.5. The fourth-order valence-corrected chi connectivity index (χ4v) is 2.73. The third kappa shape index (κ3) is 3.52. The Morgan fingerprint density at radius 2 is 2.26 bits per heavy atom. The molecule has 1 atom stereocenters. The highest BCUT2D eigenvalue weighted by molar-refractivity contribution is 7.20. The third-order valence-corrected chi connectivity index (χ3v) is 4.05. The maximum Gasteiger partial charge on any atom is 0.261 e. The van der Waals surface area contributed by atoms with Crippen molar-refractivity contribution in [3.63, 3.8) is 0 Å². The van der Waals surface area contributed by atoms with E-state index in [-0.39, 0.29) is 17.8 Å². The first kappa shape index (κ1) is 14.0. The molecular weight excluding hydrogens is 265 g/mol. The van der Waals surface area contributed by atoms with E-state index >= 15 is 0 Å². The van der Waals surface area contributed by atoms with Crippen LogP contribution in [0.3, 0.4) is 0 Å². The molecule has 1 amide bonds. The zero-order valence-corrected chi connectivity index (χ0v) is 11.5. The minimum atomic E-state index is -0.378. The number of fused-ring (bicyclic) bond motifs is 1. The van der Waals surface area contributed by atoms with Crippen LogP contribution in [0.4, 0.5) is 4.39 Å². The molecule has 0 bridgehead atoms. The van der Waals surface area contributed by atoms with Crippen molar-refractivity contribution in [1.29, 1.82) is 0 Å². The van der Waals surface area contributed by atoms with Gasteiger partial charge in [0.1, 0.15) is 5.82 Å². The normalized spacial score (nSPS) is 12.6. The molecule has 1 aromatic carbocycles. The Hall–Kier alpha value is -1.46. The number of aliphatic hydroxyl groups is 1. The number of nitrogens with one attached hydrogen (secondary N) is 1. The number of carbonyl (C=O) groups is 1. The van der Waals surface area contributed by atoms with Gasteiger partial charge in [0, 0.05) is 11.2 Å². The highest BCUT2D eigenvalue weighted by atomic mass is 32.1. The monoisotopic (exact) mass is 281 g/mol. The molecule has 0 saturated heterocycles. The van der Waals surface area contributed by atoms with Crippen LogP contribution >= 0.6 is 11.3 Å². The first-order valence-corrected chi connectivity index (χ1v) is 7.07. The van der Waals surface area contributed by atoms with Crippen LogP contribution in [0.25, 0.3) is 10.1 Å². The topological polar surface area (TPSA) is 49.3 Å². The SMILES string of the molecule is CCC(O)CCNC(=O)c1cc2cc(F)ccc2s1. The molecule has 0 saturated carbocycles. The number of benzene rings is 1. The third-order valence-electron chi connectivity index (χ3n) is 2.94. The molecule has 2 aromatic rings. The van der Waals surface area contributed by atoms with Crippen molar-refractivity contribution in [2.24, 2.45) is 0 Å². The molecule has 0 fully saturated rings. The van der Waals surface area contributed by atoms with Gasteiger partial charge in [-0.25, -0.2) is 4.39 Å². The summed E-state index contributed by atoms with van der Waals surface area (Å²) >= 11 is 1.34. The van der Waals surface area contributed by atoms with E-state index in [9.17, 15) is 14.3 Å². The molecule has 2 rings (SSSR count). The molecule has 2 N–H and O–H groups in total. The molecule has 1 heterocycles. The van der Waals surface area contributed by atoms with Gasteiger partial charge in [0.05, 0.1) is 11.0 Å². The van der Waals surface area contributed by atoms with Crippen molar-refractivity contribution in [3.05, 3.63) is 35.0 Å². The average Bonchev–Trinajstić information content (AvgIpc) is 2.81. The first-order chi connectivity index (χ1) is 9.10. The number of hydrogen-bond acceptors (Lipinski definition) is 3. The van der Waals surface area contributed by atoms with Gasteiger partial charge in [0.2, 0.25) is 0 Å². The molecule has 3 nitrogen and oxygen atoms in total. The molecule has 19 heavy (non-hydrogen) atoms. The molecule has 0 aliphatic heterocycles. The number of aliphatic hydroxyl groups excluding tert-OH is 1. The Labute approximate surface area is 115 Å². The van der Waals surface area contributed by atoms with Crippen molar-refractivity contribution in [2.45, 2.75) is 25.9 Å². The molecule has 0 spiro atoms. The van der Waals surface area contributed by atoms with Crippen LogP contribution in [0.15, 0.2) is 24.3 Å². The van der Waals surface area contributed by atoms with Gasteiger partial charge in [-0.1, -0.05) is 6.92 Å². The second-order valence-electron chi connectivity index (χ2n) is 4.40. The molecule has 0 aliphatic rings. The number of carbonyl (C=O) groups excluding carboxylic acids is 1. The van der Waals surface area contributed by atoms with Gasteiger partial charge in [-0.05, 0) is 42.5 Å². The highest BCUT2D eigenvalue weighted by Crippen LogP contribution is 2.26. The van der Waals surface area contributed by atoms with Crippen LogP contribution in [0, 0.1) is 5.82 Å². The number of rotatable bonds is 5. The number of hydrogen-bond donors (Lipinski definition) is 2. The van der Waals surface area contributed by atoms with Crippen molar-refractivity contribution < 1.29 is 14.3 Å². The van der Waals surface area contributed by atoms with Crippen molar-refractivity contribution in [3.8, 4) is 0 Å². The summed E-state index contributed by atoms with van der Waals surface area (Å²) < 4.78 is 13.9. The Kier molecular flexibility index (Phi) is 4.50. The fraction of sp³-hybridized carbons (Fsp3) is 0.357. The molecule has 1 aromatic heterocycles. The predicted octanol–water partition coefficient (Wildman–Crippen LogP) is 2.93. The minimum absolute atomic E-state index is 0.176. The molecule has 0 aliphatic carbocycles. The van der Waals surface area contributed by atoms with Gasteiger partial charge in [0.15, 0.2) is 0 Å². The van der Waals surface area contributed by atoms with E-state index in [1.165, 1.54) is 23.5 Å². The minimum Gasteiger partial charge on any atom is -0.393 e. The van der Waals surface area contributed by atoms with Crippen molar-refractivity contribution >= 4 is 27.3 Å². The lowest BCUT2D eigenvalue weighted by Crippen LogP contribution is -2.26. The van der Waals surface area contributed by atoms with Crippen LogP contribution in [0.2, 0.25) is 0 Å². The van der Waals surface area contributed by atoms with Gasteiger partial charge < -0.3 is 10.4 Å². The van der Waals surface area contributed by atoms with E-state index in [1.54, 1.807) is 12.1 Å². The van der Waals surface area contributed by atoms with Crippen LogP contribution in [0.5, 0.6) is 0 Å². The van der Waals surface area contributed by atoms with E-state index in [4.69, 9.17) is 0 Å². The molecule has 0 radical (unpaired) electrons. The quantitative estimate of drug-likeness (QED) is 0.885. The average molecular weight is 281 g/mol. The number of thiophene rings is 1. The lowest BCUT2D eigenvalue weighted by molar-refractivity contribution is 0.0946. The van der Waals surface area contributed by atoms with E-state index < -0.39 is 0 Å². The van der Waals surface area contributed by atoms with Gasteiger partial charge in [-0.15, -0.1) is 11.3 Å². The summed E-state index contributed by atoms with van der Waals surface area (Å²) in [5, 5.41) is 12.9. The molecule has 1 unspecified atom stereocenters. The fourth-order valence-electron chi connectivity index (χ4n) is 1.77. The highest BCUT2D eigenvalue weighted by Gasteiger charge is 2.10. The summed E-state index contributed by atoms with van der Waals surface area (Å²) in [6.45, 7) is 2.34. The molecule has 102 valence electrons. The number of amides is 1. The van der Waals surface area contributed by atoms with Crippen LogP contribution in [0.1, 0.15) is 29.4 Å². The lowest BCUT2D eigenvalue weighted by Gasteiger charge is -2.07. The van der Waals surface area contributed by atoms with Gasteiger partial charge in [-0.3, -0.25) is 4.79 Å². The second-order valence-corrected chi connectivity index (χ2v) is 5.48. The van der Waals surface area contributed by atoms with Gasteiger partial charge in [0.25, 0.3) is 5.91 Å². The zero-order valence-electron chi connectivity index (χ0n) is 10.6. The Balaban J connectivity index is 2.01. The zero-order chi connectivity index (χ0) is 13.8. The number of halogens is 1. The standard InChI is InChI=1S/C14H16FNO2S/c1-2-11(17)5-6-16-14(18)13-8-9-7-10(15)3-4-12(9)19-13/h3-4,7-8,11,17H,2,5-6H2,1H3,(H,16,18). The predicted molar refractivity (Wildman–Crippen MR) is 75.0 cm³/mol. The molecule has 5 heteroatoms. The summed E-state index contributed by atoms with van der Waals surface area (Å²) in [5.74, 6) is -0.478. The lowest BCUT2D eigenvalue weighted by atomic mass is 10.2. The van der Waals surface area contributed by atoms with Crippen LogP contribution < -0.4 is 5.32 Å². The maximum absolute atomic E-state index is 13.1. The largest absolute Gasteiger partial charge is 0.393 e. The summed E-state index contributed by atoms with van der Waals surface area (Å²) in [6, 6.07) is 6.17. The van der Waals surface area contributed by atoms with E-state index in [0.717, 1.165) is 10.1 Å². The smallest absolute Gasteiger partial charge is 0.261 e. The van der Waals surface area contributed by atoms with E-state index in [0.29, 0.717) is 24.3 Å². The Morgan fingerprint density at radius 3 is 3.00 bits per heavy atom. The first-order valence-electron chi connectivity index (χ1n) is 6.25. The van der Waals surface area contributed by atoms with Crippen molar-refractivity contribution in [1.82, 2.24) is 5.32 Å². The second kappa shape index (κ2) is 6.12. The van der Waals surface area contributed by atoms with Crippen LogP contribution in [-0.4, -0.2) is 23.7 Å². The van der Waals surface area contributed by atoms with Crippen molar-refractivity contribution in [2.75, 3.05) is 6.54 Å². The summed E-state index contributed by atoms with van der Waals surface area (Å²) in [5.41, 5.74) is 0. The van der Waals surface area contributed by atoms with Crippen LogP contribution in [-0.2, 0) is 0 Å². The van der Waals surface area contributed by atoms with E-state index in [1.807, 2.05) is 6.92 Å². The van der Waals surface area contributed by atoms with Gasteiger partial charge in [-0.2, -0.15) is 0 Å². The summed E-state index contributed by atoms with van der Waals surface area (Å²) in [6.07, 6.45) is 0.844.